The average Bonchev–Trinajstić information content (AvgIpc) is 2.18. The summed E-state index contributed by atoms with van der Waals surface area (Å²) in [5, 5.41) is 22.2. The first-order valence-electron chi connectivity index (χ1n) is 4.25. The van der Waals surface area contributed by atoms with Crippen molar-refractivity contribution < 1.29 is 10.0 Å². The highest BCUT2D eigenvalue weighted by atomic mass is 16.6. The zero-order chi connectivity index (χ0) is 10.6. The fourth-order valence-corrected chi connectivity index (χ4v) is 1.22. The molecular weight excluding hydrogens is 184 g/mol. The summed E-state index contributed by atoms with van der Waals surface area (Å²) in [6, 6.07) is 4.86. The fraction of sp³-hybridized carbons (Fsp3) is 0.333. The molecule has 0 spiro atoms. The molecule has 0 unspecified atom stereocenters. The van der Waals surface area contributed by atoms with Gasteiger partial charge in [-0.1, -0.05) is 6.07 Å². The SMILES string of the molecule is CNc1ccc(CCO)c([N+](=O)[O-])c1. The summed E-state index contributed by atoms with van der Waals surface area (Å²) >= 11 is 0. The van der Waals surface area contributed by atoms with Crippen LogP contribution in [0.3, 0.4) is 0 Å². The van der Waals surface area contributed by atoms with Crippen molar-refractivity contribution in [3.8, 4) is 0 Å². The second-order valence-electron chi connectivity index (χ2n) is 2.82. The third-order valence-corrected chi connectivity index (χ3v) is 1.95. The summed E-state index contributed by atoms with van der Waals surface area (Å²) in [5.41, 5.74) is 1.29. The Balaban J connectivity index is 3.10. The minimum atomic E-state index is -0.439. The summed E-state index contributed by atoms with van der Waals surface area (Å²) in [6.45, 7) is -0.0836. The Morgan fingerprint density at radius 2 is 2.29 bits per heavy atom. The number of anilines is 1. The van der Waals surface area contributed by atoms with Gasteiger partial charge in [-0.2, -0.15) is 0 Å². The van der Waals surface area contributed by atoms with Crippen molar-refractivity contribution in [1.29, 1.82) is 0 Å². The lowest BCUT2D eigenvalue weighted by Gasteiger charge is -2.03. The van der Waals surface area contributed by atoms with E-state index in [9.17, 15) is 10.1 Å². The van der Waals surface area contributed by atoms with Gasteiger partial charge in [0, 0.05) is 37.4 Å². The average molecular weight is 196 g/mol. The van der Waals surface area contributed by atoms with Crippen molar-refractivity contribution in [2.75, 3.05) is 19.0 Å². The minimum absolute atomic E-state index is 0.0471. The molecule has 5 heteroatoms. The zero-order valence-electron chi connectivity index (χ0n) is 7.86. The van der Waals surface area contributed by atoms with E-state index in [1.807, 2.05) is 0 Å². The first-order chi connectivity index (χ1) is 6.69. The highest BCUT2D eigenvalue weighted by Crippen LogP contribution is 2.23. The Labute approximate surface area is 81.5 Å². The van der Waals surface area contributed by atoms with E-state index in [0.29, 0.717) is 17.7 Å². The van der Waals surface area contributed by atoms with Crippen LogP contribution in [0, 0.1) is 10.1 Å². The topological polar surface area (TPSA) is 75.4 Å². The lowest BCUT2D eigenvalue weighted by molar-refractivity contribution is -0.385. The minimum Gasteiger partial charge on any atom is -0.396 e. The van der Waals surface area contributed by atoms with Gasteiger partial charge in [0.15, 0.2) is 0 Å². The molecule has 0 saturated carbocycles. The van der Waals surface area contributed by atoms with Crippen LogP contribution in [0.25, 0.3) is 0 Å². The lowest BCUT2D eigenvalue weighted by Crippen LogP contribution is -1.99. The molecule has 0 aromatic heterocycles. The maximum atomic E-state index is 10.7. The monoisotopic (exact) mass is 196 g/mol. The molecule has 0 atom stereocenters. The van der Waals surface area contributed by atoms with E-state index in [0.717, 1.165) is 0 Å². The van der Waals surface area contributed by atoms with E-state index in [1.54, 1.807) is 19.2 Å². The summed E-state index contributed by atoms with van der Waals surface area (Å²) < 4.78 is 0. The molecule has 1 aromatic rings. The predicted molar refractivity (Wildman–Crippen MR) is 53.4 cm³/mol. The molecule has 0 aliphatic rings. The van der Waals surface area contributed by atoms with Crippen LogP contribution in [-0.2, 0) is 6.42 Å². The molecule has 14 heavy (non-hydrogen) atoms. The summed E-state index contributed by atoms with van der Waals surface area (Å²) in [7, 11) is 1.70. The summed E-state index contributed by atoms with van der Waals surface area (Å²) in [6.07, 6.45) is 0.306. The Bertz CT molecular complexity index is 339. The number of nitrogens with one attached hydrogen (secondary N) is 1. The maximum Gasteiger partial charge on any atom is 0.274 e. The standard InChI is InChI=1S/C9H12N2O3/c1-10-8-3-2-7(4-5-12)9(6-8)11(13)14/h2-3,6,10,12H,4-5H2,1H3. The van der Waals surface area contributed by atoms with Gasteiger partial charge in [0.05, 0.1) is 4.92 Å². The lowest BCUT2D eigenvalue weighted by atomic mass is 10.1. The number of hydrogen-bond acceptors (Lipinski definition) is 4. The quantitative estimate of drug-likeness (QED) is 0.560. The molecule has 0 radical (unpaired) electrons. The highest BCUT2D eigenvalue weighted by Gasteiger charge is 2.13. The number of nitrogens with zero attached hydrogens (tertiary/aromatic N) is 1. The molecule has 1 rings (SSSR count). The van der Waals surface area contributed by atoms with Gasteiger partial charge < -0.3 is 10.4 Å². The Hall–Kier alpha value is -1.62. The number of benzene rings is 1. The van der Waals surface area contributed by atoms with Gasteiger partial charge in [-0.05, 0) is 6.07 Å². The third kappa shape index (κ3) is 2.20. The Kier molecular flexibility index (Phi) is 3.41. The van der Waals surface area contributed by atoms with Crippen LogP contribution in [0.2, 0.25) is 0 Å². The maximum absolute atomic E-state index is 10.7. The highest BCUT2D eigenvalue weighted by molar-refractivity contribution is 5.55. The molecule has 2 N–H and O–H groups in total. The third-order valence-electron chi connectivity index (χ3n) is 1.95. The number of hydrogen-bond donors (Lipinski definition) is 2. The molecule has 0 heterocycles. The van der Waals surface area contributed by atoms with E-state index >= 15 is 0 Å². The molecular formula is C9H12N2O3. The summed E-state index contributed by atoms with van der Waals surface area (Å²) in [5.74, 6) is 0. The van der Waals surface area contributed by atoms with Crippen LogP contribution in [0.1, 0.15) is 5.56 Å². The van der Waals surface area contributed by atoms with Gasteiger partial charge >= 0.3 is 0 Å². The first-order valence-corrected chi connectivity index (χ1v) is 4.25. The van der Waals surface area contributed by atoms with Gasteiger partial charge in [-0.3, -0.25) is 10.1 Å². The van der Waals surface area contributed by atoms with Crippen molar-refractivity contribution in [1.82, 2.24) is 0 Å². The van der Waals surface area contributed by atoms with Crippen LogP contribution in [-0.4, -0.2) is 23.7 Å². The van der Waals surface area contributed by atoms with Crippen molar-refractivity contribution in [3.63, 3.8) is 0 Å². The van der Waals surface area contributed by atoms with Crippen molar-refractivity contribution in [2.45, 2.75) is 6.42 Å². The molecule has 0 aliphatic carbocycles. The van der Waals surface area contributed by atoms with Crippen LogP contribution in [0.4, 0.5) is 11.4 Å². The van der Waals surface area contributed by atoms with Gasteiger partial charge in [0.25, 0.3) is 5.69 Å². The zero-order valence-corrected chi connectivity index (χ0v) is 7.86. The van der Waals surface area contributed by atoms with E-state index < -0.39 is 4.92 Å². The van der Waals surface area contributed by atoms with Crippen LogP contribution in [0.15, 0.2) is 18.2 Å². The fourth-order valence-electron chi connectivity index (χ4n) is 1.22. The molecule has 0 fully saturated rings. The van der Waals surface area contributed by atoms with Crippen molar-refractivity contribution >= 4 is 11.4 Å². The number of rotatable bonds is 4. The van der Waals surface area contributed by atoms with Crippen molar-refractivity contribution in [3.05, 3.63) is 33.9 Å². The number of nitro groups is 1. The van der Waals surface area contributed by atoms with E-state index in [4.69, 9.17) is 5.11 Å². The molecule has 0 bridgehead atoms. The second-order valence-corrected chi connectivity index (χ2v) is 2.82. The van der Waals surface area contributed by atoms with E-state index in [1.165, 1.54) is 6.07 Å². The van der Waals surface area contributed by atoms with Gasteiger partial charge in [-0.25, -0.2) is 0 Å². The van der Waals surface area contributed by atoms with Gasteiger partial charge in [0.1, 0.15) is 0 Å². The van der Waals surface area contributed by atoms with Crippen LogP contribution in [0.5, 0.6) is 0 Å². The largest absolute Gasteiger partial charge is 0.396 e. The van der Waals surface area contributed by atoms with Crippen LogP contribution >= 0.6 is 0 Å². The smallest absolute Gasteiger partial charge is 0.274 e. The normalized spacial score (nSPS) is 9.86. The van der Waals surface area contributed by atoms with E-state index in [-0.39, 0.29) is 12.3 Å². The Morgan fingerprint density at radius 3 is 2.79 bits per heavy atom. The first kappa shape index (κ1) is 10.5. The number of aliphatic hydroxyl groups is 1. The van der Waals surface area contributed by atoms with Crippen molar-refractivity contribution in [2.24, 2.45) is 0 Å². The number of nitro benzene ring substituents is 1. The molecule has 0 saturated heterocycles. The summed E-state index contributed by atoms with van der Waals surface area (Å²) in [4.78, 5) is 10.2. The molecule has 0 aliphatic heterocycles. The second kappa shape index (κ2) is 4.57. The van der Waals surface area contributed by atoms with Gasteiger partial charge in [-0.15, -0.1) is 0 Å². The molecule has 1 aromatic carbocycles. The Morgan fingerprint density at radius 1 is 1.57 bits per heavy atom. The predicted octanol–water partition coefficient (Wildman–Crippen LogP) is 1.17. The molecule has 5 nitrogen and oxygen atoms in total. The van der Waals surface area contributed by atoms with Gasteiger partial charge in [0.2, 0.25) is 0 Å². The van der Waals surface area contributed by atoms with Crippen LogP contribution < -0.4 is 5.32 Å². The van der Waals surface area contributed by atoms with E-state index in [2.05, 4.69) is 5.32 Å². The number of aliphatic hydroxyl groups excluding tert-OH is 1. The molecule has 76 valence electrons. The molecule has 0 amide bonds.